The quantitative estimate of drug-likeness (QED) is 0.427. The summed E-state index contributed by atoms with van der Waals surface area (Å²) < 4.78 is 5.68. The van der Waals surface area contributed by atoms with Crippen molar-refractivity contribution >= 4 is 5.96 Å². The Kier molecular flexibility index (Phi) is 6.17. The van der Waals surface area contributed by atoms with E-state index in [1.54, 1.807) is 0 Å². The molecule has 2 N–H and O–H groups in total. The first kappa shape index (κ1) is 17.0. The molecular weight excluding hydrogens is 288 g/mol. The van der Waals surface area contributed by atoms with Crippen molar-refractivity contribution in [3.8, 4) is 0 Å². The summed E-state index contributed by atoms with van der Waals surface area (Å²) >= 11 is 0. The van der Waals surface area contributed by atoms with E-state index in [0.29, 0.717) is 6.04 Å². The summed E-state index contributed by atoms with van der Waals surface area (Å²) in [5.41, 5.74) is 0. The van der Waals surface area contributed by atoms with Crippen LogP contribution in [0.25, 0.3) is 0 Å². The fourth-order valence-corrected chi connectivity index (χ4v) is 4.00. The maximum Gasteiger partial charge on any atom is 0.191 e. The predicted molar refractivity (Wildman–Crippen MR) is 94.9 cm³/mol. The summed E-state index contributed by atoms with van der Waals surface area (Å²) in [7, 11) is 2.31. The Morgan fingerprint density at radius 3 is 2.57 bits per heavy atom. The van der Waals surface area contributed by atoms with Crippen LogP contribution in [0.3, 0.4) is 0 Å². The normalized spacial score (nSPS) is 31.9. The number of aliphatic imine (C=N–C) groups is 1. The largest absolute Gasteiger partial charge is 0.379 e. The maximum absolute atomic E-state index is 5.68. The van der Waals surface area contributed by atoms with Crippen LogP contribution in [-0.2, 0) is 4.74 Å². The number of ether oxygens (including phenoxy) is 1. The molecule has 1 saturated carbocycles. The zero-order valence-electron chi connectivity index (χ0n) is 14.9. The standard InChI is InChI=1S/C18H34N4O/c1-3-19-18(20-9-10-23-13-14-7-8-14)21-15-11-16-5-4-6-17(12-15)22(16)2/h14-17H,3-13H2,1-2H3,(H2,19,20,21). The molecule has 0 aromatic rings. The van der Waals surface area contributed by atoms with Crippen LogP contribution in [0, 0.1) is 5.92 Å². The van der Waals surface area contributed by atoms with Crippen molar-refractivity contribution in [2.75, 3.05) is 33.4 Å². The summed E-state index contributed by atoms with van der Waals surface area (Å²) in [6.45, 7) is 5.46. The molecule has 2 atom stereocenters. The van der Waals surface area contributed by atoms with Gasteiger partial charge in [0, 0.05) is 31.3 Å². The molecule has 0 aromatic heterocycles. The first-order chi connectivity index (χ1) is 11.3. The first-order valence-electron chi connectivity index (χ1n) is 9.60. The molecule has 3 rings (SSSR count). The van der Waals surface area contributed by atoms with Gasteiger partial charge in [-0.05, 0) is 58.4 Å². The second-order valence-electron chi connectivity index (χ2n) is 7.50. The number of hydrogen-bond donors (Lipinski definition) is 2. The van der Waals surface area contributed by atoms with E-state index in [2.05, 4.69) is 29.5 Å². The molecule has 1 aliphatic carbocycles. The van der Waals surface area contributed by atoms with Gasteiger partial charge in [0.1, 0.15) is 0 Å². The van der Waals surface area contributed by atoms with Gasteiger partial charge in [-0.2, -0.15) is 0 Å². The molecule has 2 aliphatic heterocycles. The molecule has 3 aliphatic rings. The van der Waals surface area contributed by atoms with Crippen LogP contribution < -0.4 is 10.6 Å². The second-order valence-corrected chi connectivity index (χ2v) is 7.50. The predicted octanol–water partition coefficient (Wildman–Crippen LogP) is 1.98. The number of nitrogens with zero attached hydrogens (tertiary/aromatic N) is 2. The highest BCUT2D eigenvalue weighted by Crippen LogP contribution is 2.32. The topological polar surface area (TPSA) is 48.9 Å². The van der Waals surface area contributed by atoms with Gasteiger partial charge in [0.25, 0.3) is 0 Å². The van der Waals surface area contributed by atoms with Crippen molar-refractivity contribution in [1.29, 1.82) is 0 Å². The molecule has 3 fully saturated rings. The third kappa shape index (κ3) is 5.08. The summed E-state index contributed by atoms with van der Waals surface area (Å²) in [6, 6.07) is 2.07. The zero-order chi connectivity index (χ0) is 16.1. The molecule has 2 bridgehead atoms. The Balaban J connectivity index is 1.44. The van der Waals surface area contributed by atoms with Gasteiger partial charge in [-0.3, -0.25) is 4.99 Å². The van der Waals surface area contributed by atoms with Crippen LogP contribution in [0.15, 0.2) is 4.99 Å². The van der Waals surface area contributed by atoms with Crippen LogP contribution in [0.1, 0.15) is 51.9 Å². The SMILES string of the molecule is CCNC(=NCCOCC1CC1)NC1CC2CCCC(C1)N2C. The van der Waals surface area contributed by atoms with Gasteiger partial charge in [0.05, 0.1) is 13.2 Å². The molecule has 2 heterocycles. The van der Waals surface area contributed by atoms with Crippen molar-refractivity contribution in [2.45, 2.75) is 70.0 Å². The monoisotopic (exact) mass is 322 g/mol. The van der Waals surface area contributed by atoms with Gasteiger partial charge < -0.3 is 20.3 Å². The van der Waals surface area contributed by atoms with Gasteiger partial charge in [-0.25, -0.2) is 0 Å². The highest BCUT2D eigenvalue weighted by atomic mass is 16.5. The molecule has 0 radical (unpaired) electrons. The Morgan fingerprint density at radius 2 is 1.91 bits per heavy atom. The van der Waals surface area contributed by atoms with E-state index < -0.39 is 0 Å². The molecule has 5 nitrogen and oxygen atoms in total. The number of rotatable bonds is 7. The smallest absolute Gasteiger partial charge is 0.191 e. The lowest BCUT2D eigenvalue weighted by Crippen LogP contribution is -2.56. The highest BCUT2D eigenvalue weighted by Gasteiger charge is 2.36. The summed E-state index contributed by atoms with van der Waals surface area (Å²) in [6.07, 6.45) is 9.31. The van der Waals surface area contributed by atoms with Gasteiger partial charge in [-0.1, -0.05) is 6.42 Å². The number of nitrogens with one attached hydrogen (secondary N) is 2. The van der Waals surface area contributed by atoms with Gasteiger partial charge >= 0.3 is 0 Å². The molecule has 132 valence electrons. The maximum atomic E-state index is 5.68. The van der Waals surface area contributed by atoms with Crippen molar-refractivity contribution in [3.63, 3.8) is 0 Å². The minimum absolute atomic E-state index is 0.562. The lowest BCUT2D eigenvalue weighted by molar-refractivity contribution is 0.0526. The molecule has 2 unspecified atom stereocenters. The van der Waals surface area contributed by atoms with Crippen molar-refractivity contribution < 1.29 is 4.74 Å². The van der Waals surface area contributed by atoms with Crippen LogP contribution in [0.2, 0.25) is 0 Å². The minimum atomic E-state index is 0.562. The Labute approximate surface area is 141 Å². The molecular formula is C18H34N4O. The third-order valence-electron chi connectivity index (χ3n) is 5.58. The van der Waals surface area contributed by atoms with Crippen molar-refractivity contribution in [1.82, 2.24) is 15.5 Å². The number of fused-ring (bicyclic) bond motifs is 2. The first-order valence-corrected chi connectivity index (χ1v) is 9.60. The lowest BCUT2D eigenvalue weighted by atomic mass is 9.82. The summed E-state index contributed by atoms with van der Waals surface area (Å²) in [4.78, 5) is 7.30. The van der Waals surface area contributed by atoms with E-state index in [1.165, 1.54) is 44.9 Å². The molecule has 0 spiro atoms. The van der Waals surface area contributed by atoms with Gasteiger partial charge in [0.15, 0.2) is 5.96 Å². The van der Waals surface area contributed by atoms with E-state index in [9.17, 15) is 0 Å². The van der Waals surface area contributed by atoms with Gasteiger partial charge in [0.2, 0.25) is 0 Å². The molecule has 0 aromatic carbocycles. The Morgan fingerprint density at radius 1 is 1.17 bits per heavy atom. The lowest BCUT2D eigenvalue weighted by Gasteiger charge is -2.47. The van der Waals surface area contributed by atoms with E-state index in [1.807, 2.05) is 0 Å². The number of hydrogen-bond acceptors (Lipinski definition) is 3. The third-order valence-corrected chi connectivity index (χ3v) is 5.58. The molecule has 0 amide bonds. The minimum Gasteiger partial charge on any atom is -0.379 e. The summed E-state index contributed by atoms with van der Waals surface area (Å²) in [5, 5.41) is 7.06. The number of guanidine groups is 1. The molecule has 23 heavy (non-hydrogen) atoms. The Bertz CT molecular complexity index is 382. The average Bonchev–Trinajstić information content (AvgIpc) is 3.32. The van der Waals surface area contributed by atoms with E-state index in [-0.39, 0.29) is 0 Å². The summed E-state index contributed by atoms with van der Waals surface area (Å²) in [5.74, 6) is 1.80. The van der Waals surface area contributed by atoms with Crippen molar-refractivity contribution in [3.05, 3.63) is 0 Å². The fourth-order valence-electron chi connectivity index (χ4n) is 4.00. The number of piperidine rings is 2. The molecule has 5 heteroatoms. The molecule has 2 saturated heterocycles. The van der Waals surface area contributed by atoms with E-state index in [0.717, 1.165) is 50.3 Å². The van der Waals surface area contributed by atoms with Crippen LogP contribution in [-0.4, -0.2) is 62.3 Å². The van der Waals surface area contributed by atoms with Crippen LogP contribution in [0.5, 0.6) is 0 Å². The van der Waals surface area contributed by atoms with Crippen LogP contribution >= 0.6 is 0 Å². The Hall–Kier alpha value is -0.810. The van der Waals surface area contributed by atoms with E-state index in [4.69, 9.17) is 9.73 Å². The van der Waals surface area contributed by atoms with Crippen molar-refractivity contribution in [2.24, 2.45) is 10.9 Å². The van der Waals surface area contributed by atoms with Crippen LogP contribution in [0.4, 0.5) is 0 Å². The highest BCUT2D eigenvalue weighted by molar-refractivity contribution is 5.80. The fraction of sp³-hybridized carbons (Fsp3) is 0.944. The van der Waals surface area contributed by atoms with E-state index >= 15 is 0 Å². The van der Waals surface area contributed by atoms with Gasteiger partial charge in [-0.15, -0.1) is 0 Å². The average molecular weight is 322 g/mol. The second kappa shape index (κ2) is 8.34. The zero-order valence-corrected chi connectivity index (χ0v) is 14.9.